The molecule has 3 rings (SSSR count). The number of anilines is 1. The monoisotopic (exact) mass is 306 g/mol. The molecule has 1 aromatic heterocycles. The SMILES string of the molecule is O[C@H]1CN(c2ncnc(Cl)n2)CC=C1c1ccc(F)cc1. The van der Waals surface area contributed by atoms with E-state index >= 15 is 0 Å². The predicted molar refractivity (Wildman–Crippen MR) is 77.4 cm³/mol. The molecule has 0 radical (unpaired) electrons. The lowest BCUT2D eigenvalue weighted by molar-refractivity contribution is 0.233. The summed E-state index contributed by atoms with van der Waals surface area (Å²) in [6.07, 6.45) is 2.50. The van der Waals surface area contributed by atoms with E-state index in [0.717, 1.165) is 11.1 Å². The number of hydrogen-bond donors (Lipinski definition) is 1. The minimum Gasteiger partial charge on any atom is -0.387 e. The second-order valence-corrected chi connectivity index (χ2v) is 4.98. The lowest BCUT2D eigenvalue weighted by Crippen LogP contribution is -2.38. The normalized spacial score (nSPS) is 18.5. The highest BCUT2D eigenvalue weighted by Gasteiger charge is 2.23. The van der Waals surface area contributed by atoms with E-state index in [9.17, 15) is 9.50 Å². The Morgan fingerprint density at radius 1 is 1.24 bits per heavy atom. The maximum atomic E-state index is 12.9. The van der Waals surface area contributed by atoms with Crippen molar-refractivity contribution in [3.63, 3.8) is 0 Å². The third-order valence-electron chi connectivity index (χ3n) is 3.27. The highest BCUT2D eigenvalue weighted by Crippen LogP contribution is 2.24. The second-order valence-electron chi connectivity index (χ2n) is 4.64. The zero-order valence-corrected chi connectivity index (χ0v) is 11.7. The first-order valence-electron chi connectivity index (χ1n) is 6.37. The molecule has 108 valence electrons. The molecular formula is C14H12ClFN4O. The number of halogens is 2. The summed E-state index contributed by atoms with van der Waals surface area (Å²) in [5.41, 5.74) is 1.57. The van der Waals surface area contributed by atoms with Gasteiger partial charge in [0.15, 0.2) is 0 Å². The van der Waals surface area contributed by atoms with E-state index in [1.54, 1.807) is 17.0 Å². The summed E-state index contributed by atoms with van der Waals surface area (Å²) in [7, 11) is 0. The van der Waals surface area contributed by atoms with Crippen LogP contribution in [0, 0.1) is 5.82 Å². The standard InChI is InChI=1S/C14H12ClFN4O/c15-13-17-8-18-14(19-13)20-6-5-11(12(21)7-20)9-1-3-10(16)4-2-9/h1-5,8,12,21H,6-7H2/t12-/m0/s1. The Balaban J connectivity index is 1.83. The molecule has 0 unspecified atom stereocenters. The van der Waals surface area contributed by atoms with Crippen molar-refractivity contribution in [3.05, 3.63) is 53.3 Å². The molecule has 1 aliphatic rings. The minimum atomic E-state index is -0.709. The molecule has 0 bridgehead atoms. The summed E-state index contributed by atoms with van der Waals surface area (Å²) in [6, 6.07) is 6.06. The topological polar surface area (TPSA) is 62.1 Å². The number of nitrogens with zero attached hydrogens (tertiary/aromatic N) is 4. The number of benzene rings is 1. The van der Waals surface area contributed by atoms with Gasteiger partial charge in [-0.3, -0.25) is 0 Å². The highest BCUT2D eigenvalue weighted by atomic mass is 35.5. The van der Waals surface area contributed by atoms with Crippen molar-refractivity contribution in [1.82, 2.24) is 15.0 Å². The fourth-order valence-electron chi connectivity index (χ4n) is 2.26. The van der Waals surface area contributed by atoms with Crippen molar-refractivity contribution >= 4 is 23.1 Å². The van der Waals surface area contributed by atoms with Crippen LogP contribution in [0.4, 0.5) is 10.3 Å². The van der Waals surface area contributed by atoms with E-state index in [4.69, 9.17) is 11.6 Å². The molecule has 1 aliphatic heterocycles. The molecule has 0 fully saturated rings. The molecule has 0 amide bonds. The van der Waals surface area contributed by atoms with Gasteiger partial charge in [-0.25, -0.2) is 14.4 Å². The Hall–Kier alpha value is -2.05. The van der Waals surface area contributed by atoms with E-state index in [1.165, 1.54) is 18.5 Å². The molecule has 0 aliphatic carbocycles. The number of rotatable bonds is 2. The van der Waals surface area contributed by atoms with Gasteiger partial charge in [0.1, 0.15) is 12.1 Å². The van der Waals surface area contributed by atoms with Gasteiger partial charge < -0.3 is 10.0 Å². The van der Waals surface area contributed by atoms with Crippen LogP contribution < -0.4 is 4.90 Å². The fourth-order valence-corrected chi connectivity index (χ4v) is 2.38. The average molecular weight is 307 g/mol. The van der Waals surface area contributed by atoms with Crippen molar-refractivity contribution < 1.29 is 9.50 Å². The van der Waals surface area contributed by atoms with Crippen LogP contribution in [-0.4, -0.2) is 39.3 Å². The van der Waals surface area contributed by atoms with Gasteiger partial charge in [0.25, 0.3) is 0 Å². The van der Waals surface area contributed by atoms with Gasteiger partial charge in [0.05, 0.1) is 12.6 Å². The van der Waals surface area contributed by atoms with Crippen LogP contribution in [0.25, 0.3) is 5.57 Å². The highest BCUT2D eigenvalue weighted by molar-refractivity contribution is 6.28. The number of aliphatic hydroxyl groups excluding tert-OH is 1. The van der Waals surface area contributed by atoms with E-state index in [1.807, 2.05) is 6.08 Å². The lowest BCUT2D eigenvalue weighted by atomic mass is 9.97. The Bertz CT molecular complexity index is 677. The van der Waals surface area contributed by atoms with E-state index < -0.39 is 6.10 Å². The number of aliphatic hydroxyl groups is 1. The third kappa shape index (κ3) is 3.01. The summed E-state index contributed by atoms with van der Waals surface area (Å²) in [4.78, 5) is 13.6. The molecule has 5 nitrogen and oxygen atoms in total. The molecule has 1 N–H and O–H groups in total. The third-order valence-corrected chi connectivity index (χ3v) is 3.46. The zero-order valence-electron chi connectivity index (χ0n) is 10.9. The summed E-state index contributed by atoms with van der Waals surface area (Å²) in [6.45, 7) is 0.869. The molecular weight excluding hydrogens is 295 g/mol. The quantitative estimate of drug-likeness (QED) is 0.918. The van der Waals surface area contributed by atoms with Crippen molar-refractivity contribution in [2.24, 2.45) is 0 Å². The fraction of sp³-hybridized carbons (Fsp3) is 0.214. The molecule has 7 heteroatoms. The van der Waals surface area contributed by atoms with Gasteiger partial charge in [0, 0.05) is 6.54 Å². The summed E-state index contributed by atoms with van der Waals surface area (Å²) in [5.74, 6) is 0.120. The summed E-state index contributed by atoms with van der Waals surface area (Å²) in [5, 5.41) is 10.4. The van der Waals surface area contributed by atoms with Crippen LogP contribution in [0.15, 0.2) is 36.7 Å². The molecule has 2 heterocycles. The van der Waals surface area contributed by atoms with Crippen LogP contribution in [-0.2, 0) is 0 Å². The van der Waals surface area contributed by atoms with Gasteiger partial charge in [-0.1, -0.05) is 18.2 Å². The van der Waals surface area contributed by atoms with Crippen LogP contribution in [0.5, 0.6) is 0 Å². The first-order valence-corrected chi connectivity index (χ1v) is 6.75. The number of hydrogen-bond acceptors (Lipinski definition) is 5. The Morgan fingerprint density at radius 2 is 2.00 bits per heavy atom. The lowest BCUT2D eigenvalue weighted by Gasteiger charge is -2.30. The van der Waals surface area contributed by atoms with Crippen molar-refractivity contribution in [1.29, 1.82) is 0 Å². The molecule has 1 atom stereocenters. The van der Waals surface area contributed by atoms with E-state index in [2.05, 4.69) is 15.0 Å². The van der Waals surface area contributed by atoms with Gasteiger partial charge in [-0.2, -0.15) is 4.98 Å². The molecule has 21 heavy (non-hydrogen) atoms. The van der Waals surface area contributed by atoms with Crippen LogP contribution >= 0.6 is 11.6 Å². The summed E-state index contributed by atoms with van der Waals surface area (Å²) >= 11 is 5.74. The van der Waals surface area contributed by atoms with Crippen LogP contribution in [0.2, 0.25) is 5.28 Å². The molecule has 1 aromatic carbocycles. The zero-order chi connectivity index (χ0) is 14.8. The van der Waals surface area contributed by atoms with Gasteiger partial charge >= 0.3 is 0 Å². The Kier molecular flexibility index (Phi) is 3.81. The molecule has 0 saturated heterocycles. The van der Waals surface area contributed by atoms with Crippen molar-refractivity contribution in [3.8, 4) is 0 Å². The largest absolute Gasteiger partial charge is 0.387 e. The first kappa shape index (κ1) is 13.9. The minimum absolute atomic E-state index is 0.114. The number of aromatic nitrogens is 3. The smallest absolute Gasteiger partial charge is 0.230 e. The van der Waals surface area contributed by atoms with Crippen LogP contribution in [0.1, 0.15) is 5.56 Å². The maximum Gasteiger partial charge on any atom is 0.230 e. The van der Waals surface area contributed by atoms with Gasteiger partial charge in [-0.15, -0.1) is 0 Å². The molecule has 0 spiro atoms. The van der Waals surface area contributed by atoms with Crippen molar-refractivity contribution in [2.75, 3.05) is 18.0 Å². The Morgan fingerprint density at radius 3 is 2.67 bits per heavy atom. The van der Waals surface area contributed by atoms with Crippen molar-refractivity contribution in [2.45, 2.75) is 6.10 Å². The van der Waals surface area contributed by atoms with Gasteiger partial charge in [-0.05, 0) is 34.9 Å². The van der Waals surface area contributed by atoms with E-state index in [0.29, 0.717) is 19.0 Å². The summed E-state index contributed by atoms with van der Waals surface area (Å²) < 4.78 is 12.9. The molecule has 0 saturated carbocycles. The predicted octanol–water partition coefficient (Wildman–Crippen LogP) is 1.93. The van der Waals surface area contributed by atoms with E-state index in [-0.39, 0.29) is 11.1 Å². The van der Waals surface area contributed by atoms with Crippen LogP contribution in [0.3, 0.4) is 0 Å². The maximum absolute atomic E-state index is 12.9. The first-order chi connectivity index (χ1) is 10.1. The molecule has 2 aromatic rings. The Labute approximate surface area is 125 Å². The average Bonchev–Trinajstić information content (AvgIpc) is 2.48. The second kappa shape index (κ2) is 5.75. The van der Waals surface area contributed by atoms with Gasteiger partial charge in [0.2, 0.25) is 11.2 Å². The number of β-amino-alcohol motifs (C(OH)–C–C–N with tert-alkyl or cyclic N) is 1.